The molecule has 0 aliphatic carbocycles. The fourth-order valence-corrected chi connectivity index (χ4v) is 3.19. The number of urea groups is 1. The number of carbonyl (C=O) groups is 3. The van der Waals surface area contributed by atoms with E-state index in [1.165, 1.54) is 23.5 Å². The number of halogens is 1. The van der Waals surface area contributed by atoms with Crippen molar-refractivity contribution in [3.05, 3.63) is 56.7 Å². The number of imide groups is 2. The zero-order valence-electron chi connectivity index (χ0n) is 12.0. The van der Waals surface area contributed by atoms with E-state index in [1.807, 2.05) is 19.1 Å². The summed E-state index contributed by atoms with van der Waals surface area (Å²) in [4.78, 5) is 39.4. The molecule has 7 heteroatoms. The van der Waals surface area contributed by atoms with Crippen LogP contribution in [0.25, 0.3) is 6.08 Å². The predicted molar refractivity (Wildman–Crippen MR) is 89.5 cm³/mol. The molecule has 4 amide bonds. The SMILES string of the molecule is Cc1ccc(/C=C2/C(=O)NC(=O)N(c3cccc(Cl)c3)C2=O)s1. The molecule has 23 heavy (non-hydrogen) atoms. The van der Waals surface area contributed by atoms with Gasteiger partial charge in [-0.1, -0.05) is 17.7 Å². The van der Waals surface area contributed by atoms with Gasteiger partial charge in [-0.2, -0.15) is 0 Å². The zero-order valence-corrected chi connectivity index (χ0v) is 13.6. The van der Waals surface area contributed by atoms with Crippen LogP contribution in [0.5, 0.6) is 0 Å². The number of thiophene rings is 1. The Morgan fingerprint density at radius 3 is 2.61 bits per heavy atom. The molecule has 2 aromatic rings. The second kappa shape index (κ2) is 5.98. The largest absolute Gasteiger partial charge is 0.335 e. The maximum absolute atomic E-state index is 12.6. The van der Waals surface area contributed by atoms with Gasteiger partial charge in [-0.15, -0.1) is 11.3 Å². The Morgan fingerprint density at radius 1 is 1.17 bits per heavy atom. The molecule has 1 N–H and O–H groups in total. The highest BCUT2D eigenvalue weighted by Crippen LogP contribution is 2.25. The van der Waals surface area contributed by atoms with Gasteiger partial charge in [0.25, 0.3) is 11.8 Å². The third-order valence-corrected chi connectivity index (χ3v) is 4.40. The standard InChI is InChI=1S/C16H11ClN2O3S/c1-9-5-6-12(23-9)8-13-14(20)18-16(22)19(15(13)21)11-4-2-3-10(17)7-11/h2-8H,1H3,(H,18,20,22)/b13-8-. The fraction of sp³-hybridized carbons (Fsp3) is 0.0625. The minimum Gasteiger partial charge on any atom is -0.273 e. The third kappa shape index (κ3) is 3.04. The molecule has 0 unspecified atom stereocenters. The molecule has 1 fully saturated rings. The maximum atomic E-state index is 12.6. The van der Waals surface area contributed by atoms with Crippen LogP contribution in [-0.2, 0) is 9.59 Å². The van der Waals surface area contributed by atoms with Crippen LogP contribution in [0, 0.1) is 6.92 Å². The van der Waals surface area contributed by atoms with Crippen molar-refractivity contribution >= 4 is 52.5 Å². The van der Waals surface area contributed by atoms with Crippen molar-refractivity contribution in [2.45, 2.75) is 6.92 Å². The molecular formula is C16H11ClN2O3S. The highest BCUT2D eigenvalue weighted by atomic mass is 35.5. The Balaban J connectivity index is 2.02. The van der Waals surface area contributed by atoms with Crippen molar-refractivity contribution in [2.75, 3.05) is 4.90 Å². The van der Waals surface area contributed by atoms with E-state index in [1.54, 1.807) is 18.2 Å². The highest BCUT2D eigenvalue weighted by molar-refractivity contribution is 7.12. The molecule has 0 bridgehead atoms. The molecular weight excluding hydrogens is 336 g/mol. The zero-order chi connectivity index (χ0) is 16.6. The molecule has 5 nitrogen and oxygen atoms in total. The number of carbonyl (C=O) groups excluding carboxylic acids is 3. The van der Waals surface area contributed by atoms with Crippen LogP contribution < -0.4 is 10.2 Å². The average molecular weight is 347 g/mol. The van der Waals surface area contributed by atoms with Gasteiger partial charge in [0.2, 0.25) is 0 Å². The summed E-state index contributed by atoms with van der Waals surface area (Å²) < 4.78 is 0. The predicted octanol–water partition coefficient (Wildman–Crippen LogP) is 3.38. The number of rotatable bonds is 2. The number of hydrogen-bond donors (Lipinski definition) is 1. The summed E-state index contributed by atoms with van der Waals surface area (Å²) in [5.74, 6) is -1.38. The molecule has 1 saturated heterocycles. The number of anilines is 1. The Labute approximate surface area is 141 Å². The summed E-state index contributed by atoms with van der Waals surface area (Å²) in [5.41, 5.74) is 0.215. The second-order valence-corrected chi connectivity index (χ2v) is 6.64. The van der Waals surface area contributed by atoms with E-state index in [2.05, 4.69) is 5.32 Å². The lowest BCUT2D eigenvalue weighted by Crippen LogP contribution is -2.54. The first-order valence-corrected chi connectivity index (χ1v) is 7.88. The third-order valence-electron chi connectivity index (χ3n) is 3.22. The first-order valence-electron chi connectivity index (χ1n) is 6.69. The van der Waals surface area contributed by atoms with Gasteiger partial charge in [0.1, 0.15) is 5.57 Å². The van der Waals surface area contributed by atoms with E-state index in [0.29, 0.717) is 10.7 Å². The lowest BCUT2D eigenvalue weighted by Gasteiger charge is -2.26. The smallest absolute Gasteiger partial charge is 0.273 e. The van der Waals surface area contributed by atoms with Gasteiger partial charge in [-0.05, 0) is 43.3 Å². The van der Waals surface area contributed by atoms with E-state index in [4.69, 9.17) is 11.6 Å². The van der Waals surface area contributed by atoms with Gasteiger partial charge in [-0.3, -0.25) is 14.9 Å². The molecule has 0 radical (unpaired) electrons. The van der Waals surface area contributed by atoms with Crippen LogP contribution in [-0.4, -0.2) is 17.8 Å². The van der Waals surface area contributed by atoms with Crippen molar-refractivity contribution in [2.24, 2.45) is 0 Å². The normalized spacial score (nSPS) is 16.9. The summed E-state index contributed by atoms with van der Waals surface area (Å²) in [6, 6.07) is 9.24. The van der Waals surface area contributed by atoms with E-state index < -0.39 is 17.8 Å². The molecule has 1 aliphatic heterocycles. The number of barbiturate groups is 1. The summed E-state index contributed by atoms with van der Waals surface area (Å²) >= 11 is 7.36. The monoisotopic (exact) mass is 346 g/mol. The van der Waals surface area contributed by atoms with Crippen molar-refractivity contribution in [3.63, 3.8) is 0 Å². The number of nitrogens with zero attached hydrogens (tertiary/aromatic N) is 1. The first kappa shape index (κ1) is 15.5. The van der Waals surface area contributed by atoms with Crippen LogP contribution in [0.1, 0.15) is 9.75 Å². The summed E-state index contributed by atoms with van der Waals surface area (Å²) in [6.45, 7) is 1.93. The van der Waals surface area contributed by atoms with E-state index in [0.717, 1.165) is 14.7 Å². The van der Waals surface area contributed by atoms with Crippen LogP contribution in [0.4, 0.5) is 10.5 Å². The van der Waals surface area contributed by atoms with Crippen molar-refractivity contribution < 1.29 is 14.4 Å². The van der Waals surface area contributed by atoms with E-state index in [-0.39, 0.29) is 5.57 Å². The van der Waals surface area contributed by atoms with Crippen molar-refractivity contribution in [1.29, 1.82) is 0 Å². The van der Waals surface area contributed by atoms with E-state index in [9.17, 15) is 14.4 Å². The Bertz CT molecular complexity index is 857. The number of hydrogen-bond acceptors (Lipinski definition) is 4. The Kier molecular flexibility index (Phi) is 4.02. The van der Waals surface area contributed by atoms with Crippen LogP contribution in [0.3, 0.4) is 0 Å². The summed E-state index contributed by atoms with van der Waals surface area (Å²) in [7, 11) is 0. The summed E-state index contributed by atoms with van der Waals surface area (Å²) in [6.07, 6.45) is 1.49. The van der Waals surface area contributed by atoms with E-state index >= 15 is 0 Å². The van der Waals surface area contributed by atoms with Gasteiger partial charge in [0.05, 0.1) is 5.69 Å². The van der Waals surface area contributed by atoms with Gasteiger partial charge in [-0.25, -0.2) is 9.69 Å². The molecule has 2 heterocycles. The number of aryl methyl sites for hydroxylation is 1. The van der Waals surface area contributed by atoms with Crippen LogP contribution >= 0.6 is 22.9 Å². The van der Waals surface area contributed by atoms with Gasteiger partial charge >= 0.3 is 6.03 Å². The lowest BCUT2D eigenvalue weighted by atomic mass is 10.1. The topological polar surface area (TPSA) is 66.5 Å². The number of benzene rings is 1. The molecule has 3 rings (SSSR count). The molecule has 116 valence electrons. The highest BCUT2D eigenvalue weighted by Gasteiger charge is 2.36. The van der Waals surface area contributed by atoms with Crippen LogP contribution in [0.2, 0.25) is 5.02 Å². The molecule has 0 spiro atoms. The lowest BCUT2D eigenvalue weighted by molar-refractivity contribution is -0.122. The maximum Gasteiger partial charge on any atom is 0.335 e. The minimum atomic E-state index is -0.790. The molecule has 1 aromatic heterocycles. The van der Waals surface area contributed by atoms with Gasteiger partial charge < -0.3 is 0 Å². The number of nitrogens with one attached hydrogen (secondary N) is 1. The molecule has 0 saturated carbocycles. The molecule has 1 aliphatic rings. The molecule has 1 aromatic carbocycles. The molecule has 0 atom stereocenters. The van der Waals surface area contributed by atoms with Crippen molar-refractivity contribution in [1.82, 2.24) is 5.32 Å². The van der Waals surface area contributed by atoms with Gasteiger partial charge in [0.15, 0.2) is 0 Å². The minimum absolute atomic E-state index is 0.0913. The quantitative estimate of drug-likeness (QED) is 0.669. The number of amides is 4. The fourth-order valence-electron chi connectivity index (χ4n) is 2.18. The van der Waals surface area contributed by atoms with Crippen molar-refractivity contribution in [3.8, 4) is 0 Å². The van der Waals surface area contributed by atoms with Gasteiger partial charge in [0, 0.05) is 14.8 Å². The second-order valence-electron chi connectivity index (χ2n) is 4.89. The Hall–Kier alpha value is -2.44. The Morgan fingerprint density at radius 2 is 1.96 bits per heavy atom. The first-order chi connectivity index (χ1) is 11.0. The van der Waals surface area contributed by atoms with Crippen LogP contribution in [0.15, 0.2) is 42.0 Å². The average Bonchev–Trinajstić information content (AvgIpc) is 2.89. The summed E-state index contributed by atoms with van der Waals surface area (Å²) in [5, 5.41) is 2.56.